The Morgan fingerprint density at radius 3 is 2.67 bits per heavy atom. The first-order valence-electron chi connectivity index (χ1n) is 6.72. The van der Waals surface area contributed by atoms with E-state index in [2.05, 4.69) is 28.6 Å². The van der Waals surface area contributed by atoms with Crippen LogP contribution in [0.3, 0.4) is 0 Å². The molecule has 0 aliphatic carbocycles. The largest absolute Gasteiger partial charge is 0.298 e. The molecule has 4 rings (SSSR count). The van der Waals surface area contributed by atoms with Gasteiger partial charge in [-0.1, -0.05) is 11.6 Å². The standard InChI is InChI=1S/C14H20ClN3/c1-10(2)17-8-13-4-14(9-17)18(13)7-11-3-12(15)6-16-5-11/h3,5-6,10,13-14H,4,7-9H2,1-2H3. The molecule has 3 saturated heterocycles. The highest BCUT2D eigenvalue weighted by atomic mass is 35.5. The lowest BCUT2D eigenvalue weighted by atomic mass is 9.86. The molecule has 0 spiro atoms. The van der Waals surface area contributed by atoms with Crippen LogP contribution in [0.15, 0.2) is 18.5 Å². The van der Waals surface area contributed by atoms with Crippen LogP contribution in [-0.2, 0) is 6.54 Å². The molecule has 3 aliphatic rings. The Kier molecular flexibility index (Phi) is 3.31. The number of piperazine rings is 1. The summed E-state index contributed by atoms with van der Waals surface area (Å²) in [5.41, 5.74) is 1.23. The van der Waals surface area contributed by atoms with E-state index >= 15 is 0 Å². The van der Waals surface area contributed by atoms with Crippen LogP contribution >= 0.6 is 11.6 Å². The molecule has 2 unspecified atom stereocenters. The van der Waals surface area contributed by atoms with Crippen molar-refractivity contribution >= 4 is 11.6 Å². The number of halogens is 1. The lowest BCUT2D eigenvalue weighted by molar-refractivity contribution is -0.0835. The van der Waals surface area contributed by atoms with E-state index in [1.54, 1.807) is 6.20 Å². The minimum atomic E-state index is 0.672. The Morgan fingerprint density at radius 2 is 2.06 bits per heavy atom. The van der Waals surface area contributed by atoms with Crippen LogP contribution in [0.4, 0.5) is 0 Å². The number of hydrogen-bond donors (Lipinski definition) is 0. The molecule has 3 fully saturated rings. The molecule has 0 radical (unpaired) electrons. The van der Waals surface area contributed by atoms with Gasteiger partial charge in [-0.05, 0) is 31.9 Å². The maximum Gasteiger partial charge on any atom is 0.0592 e. The summed E-state index contributed by atoms with van der Waals surface area (Å²) < 4.78 is 0. The van der Waals surface area contributed by atoms with E-state index in [1.807, 2.05) is 12.3 Å². The highest BCUT2D eigenvalue weighted by molar-refractivity contribution is 6.30. The fraction of sp³-hybridized carbons (Fsp3) is 0.643. The molecule has 3 aliphatic heterocycles. The second-order valence-corrected chi connectivity index (χ2v) is 6.21. The van der Waals surface area contributed by atoms with Gasteiger partial charge in [0.05, 0.1) is 5.02 Å². The van der Waals surface area contributed by atoms with Gasteiger partial charge in [-0.3, -0.25) is 14.8 Å². The molecule has 3 nitrogen and oxygen atoms in total. The third-order valence-corrected chi connectivity index (χ3v) is 4.44. The van der Waals surface area contributed by atoms with E-state index in [-0.39, 0.29) is 0 Å². The van der Waals surface area contributed by atoms with Gasteiger partial charge in [-0.2, -0.15) is 0 Å². The zero-order valence-corrected chi connectivity index (χ0v) is 11.8. The number of fused-ring (bicyclic) bond motifs is 2. The fourth-order valence-electron chi connectivity index (χ4n) is 3.15. The summed E-state index contributed by atoms with van der Waals surface area (Å²) in [6.07, 6.45) is 4.99. The van der Waals surface area contributed by atoms with E-state index in [9.17, 15) is 0 Å². The molecule has 2 atom stereocenters. The van der Waals surface area contributed by atoms with Crippen LogP contribution < -0.4 is 0 Å². The average molecular weight is 266 g/mol. The lowest BCUT2D eigenvalue weighted by Gasteiger charge is -2.57. The minimum absolute atomic E-state index is 0.672. The van der Waals surface area contributed by atoms with E-state index in [0.717, 1.165) is 23.7 Å². The summed E-state index contributed by atoms with van der Waals surface area (Å²) in [6.45, 7) is 7.99. The summed E-state index contributed by atoms with van der Waals surface area (Å²) >= 11 is 5.99. The van der Waals surface area contributed by atoms with Gasteiger partial charge >= 0.3 is 0 Å². The molecule has 0 amide bonds. The van der Waals surface area contributed by atoms with Crippen molar-refractivity contribution in [2.24, 2.45) is 0 Å². The van der Waals surface area contributed by atoms with Gasteiger partial charge in [0.25, 0.3) is 0 Å². The van der Waals surface area contributed by atoms with Gasteiger partial charge in [-0.15, -0.1) is 0 Å². The first kappa shape index (κ1) is 12.4. The van der Waals surface area contributed by atoms with Crippen molar-refractivity contribution in [1.29, 1.82) is 0 Å². The van der Waals surface area contributed by atoms with Crippen molar-refractivity contribution in [2.75, 3.05) is 13.1 Å². The Bertz CT molecular complexity index is 423. The van der Waals surface area contributed by atoms with Crippen LogP contribution in [0.2, 0.25) is 5.02 Å². The molecule has 0 aromatic carbocycles. The molecular weight excluding hydrogens is 246 g/mol. The van der Waals surface area contributed by atoms with Gasteiger partial charge in [0.15, 0.2) is 0 Å². The minimum Gasteiger partial charge on any atom is -0.298 e. The molecular formula is C14H20ClN3. The number of aromatic nitrogens is 1. The van der Waals surface area contributed by atoms with Crippen molar-refractivity contribution in [3.8, 4) is 0 Å². The maximum atomic E-state index is 5.99. The number of hydrogen-bond acceptors (Lipinski definition) is 3. The monoisotopic (exact) mass is 265 g/mol. The fourth-order valence-corrected chi connectivity index (χ4v) is 3.35. The SMILES string of the molecule is CC(C)N1CC2CC(C1)N2Cc1cncc(Cl)c1. The Labute approximate surface area is 114 Å². The lowest BCUT2D eigenvalue weighted by Crippen LogP contribution is -2.68. The Morgan fingerprint density at radius 1 is 1.33 bits per heavy atom. The predicted molar refractivity (Wildman–Crippen MR) is 73.7 cm³/mol. The molecule has 0 N–H and O–H groups in total. The van der Waals surface area contributed by atoms with E-state index in [4.69, 9.17) is 11.6 Å². The third kappa shape index (κ3) is 2.27. The number of nitrogens with zero attached hydrogens (tertiary/aromatic N) is 3. The number of piperidine rings is 1. The quantitative estimate of drug-likeness (QED) is 0.837. The number of pyridine rings is 1. The van der Waals surface area contributed by atoms with Gasteiger partial charge in [0.1, 0.15) is 0 Å². The normalized spacial score (nSPS) is 28.4. The van der Waals surface area contributed by atoms with Crippen LogP contribution in [0.25, 0.3) is 0 Å². The highest BCUT2D eigenvalue weighted by Gasteiger charge is 2.44. The summed E-state index contributed by atoms with van der Waals surface area (Å²) in [5.74, 6) is 0. The van der Waals surface area contributed by atoms with E-state index < -0.39 is 0 Å². The summed E-state index contributed by atoms with van der Waals surface area (Å²) in [7, 11) is 0. The Balaban J connectivity index is 1.64. The van der Waals surface area contributed by atoms with Crippen LogP contribution in [0.1, 0.15) is 25.8 Å². The van der Waals surface area contributed by atoms with E-state index in [0.29, 0.717) is 6.04 Å². The molecule has 4 heteroatoms. The molecule has 0 saturated carbocycles. The average Bonchev–Trinajstić information content (AvgIpc) is 2.36. The highest BCUT2D eigenvalue weighted by Crippen LogP contribution is 2.34. The predicted octanol–water partition coefficient (Wildman–Crippen LogP) is 2.40. The van der Waals surface area contributed by atoms with Gasteiger partial charge in [-0.25, -0.2) is 0 Å². The van der Waals surface area contributed by atoms with Crippen LogP contribution in [0.5, 0.6) is 0 Å². The molecule has 1 aromatic rings. The van der Waals surface area contributed by atoms with E-state index in [1.165, 1.54) is 25.1 Å². The number of rotatable bonds is 3. The van der Waals surface area contributed by atoms with Crippen molar-refractivity contribution < 1.29 is 0 Å². The topological polar surface area (TPSA) is 19.4 Å². The second-order valence-electron chi connectivity index (χ2n) is 5.77. The summed E-state index contributed by atoms with van der Waals surface area (Å²) in [5, 5.41) is 0.738. The summed E-state index contributed by atoms with van der Waals surface area (Å²) in [4.78, 5) is 9.36. The molecule has 98 valence electrons. The smallest absolute Gasteiger partial charge is 0.0592 e. The maximum absolute atomic E-state index is 5.99. The third-order valence-electron chi connectivity index (χ3n) is 4.23. The van der Waals surface area contributed by atoms with Crippen molar-refractivity contribution in [3.05, 3.63) is 29.0 Å². The zero-order chi connectivity index (χ0) is 12.7. The molecule has 2 bridgehead atoms. The second kappa shape index (κ2) is 4.80. The zero-order valence-electron chi connectivity index (χ0n) is 11.0. The van der Waals surface area contributed by atoms with Crippen molar-refractivity contribution in [2.45, 2.75) is 44.9 Å². The Hall–Kier alpha value is -0.640. The van der Waals surface area contributed by atoms with Crippen LogP contribution in [0, 0.1) is 0 Å². The van der Waals surface area contributed by atoms with Gasteiger partial charge in [0.2, 0.25) is 0 Å². The first-order chi connectivity index (χ1) is 8.63. The van der Waals surface area contributed by atoms with Gasteiger partial charge < -0.3 is 0 Å². The summed E-state index contributed by atoms with van der Waals surface area (Å²) in [6, 6.07) is 4.16. The van der Waals surface area contributed by atoms with Crippen molar-refractivity contribution in [1.82, 2.24) is 14.8 Å². The molecule has 1 aromatic heterocycles. The molecule has 18 heavy (non-hydrogen) atoms. The first-order valence-corrected chi connectivity index (χ1v) is 7.10. The van der Waals surface area contributed by atoms with Gasteiger partial charge in [0, 0.05) is 50.2 Å². The van der Waals surface area contributed by atoms with Crippen molar-refractivity contribution in [3.63, 3.8) is 0 Å². The molecule has 4 heterocycles. The van der Waals surface area contributed by atoms with Crippen LogP contribution in [-0.4, -0.2) is 46.0 Å².